The van der Waals surface area contributed by atoms with Crippen molar-refractivity contribution in [2.75, 3.05) is 0 Å². The van der Waals surface area contributed by atoms with Gasteiger partial charge in [-0.3, -0.25) is 0 Å². The fraction of sp³-hybridized carbons (Fsp3) is 0.182. The number of hydrogen-bond donors (Lipinski definition) is 1. The molecule has 0 bridgehead atoms. The van der Waals surface area contributed by atoms with Gasteiger partial charge in [-0.1, -0.05) is 0 Å². The molecule has 0 amide bonds. The van der Waals surface area contributed by atoms with E-state index in [0.29, 0.717) is 0 Å². The third-order valence-corrected chi connectivity index (χ3v) is 4.08. The molecule has 88 valence electrons. The number of pyridine rings is 1. The van der Waals surface area contributed by atoms with Crippen LogP contribution in [0.4, 0.5) is 0 Å². The number of thioether (sulfide) groups is 1. The minimum Gasteiger partial charge on any atom is -0.478 e. The Kier molecular flexibility index (Phi) is 3.75. The zero-order valence-corrected chi connectivity index (χ0v) is 10.7. The number of carboxylic acid groups (broad SMARTS) is 1. The number of hydrogen-bond acceptors (Lipinski definition) is 5. The molecular weight excluding hydrogens is 256 g/mol. The van der Waals surface area contributed by atoms with Crippen LogP contribution in [0.2, 0.25) is 0 Å². The van der Waals surface area contributed by atoms with Crippen LogP contribution in [-0.4, -0.2) is 21.0 Å². The Bertz CT molecular complexity index is 540. The molecule has 2 aromatic rings. The molecule has 0 spiro atoms. The molecule has 0 fully saturated rings. The van der Waals surface area contributed by atoms with Gasteiger partial charge < -0.3 is 5.11 Å². The minimum absolute atomic E-state index is 0.267. The summed E-state index contributed by atoms with van der Waals surface area (Å²) < 4.78 is 0. The Balaban J connectivity index is 2.04. The highest BCUT2D eigenvalue weighted by molar-refractivity contribution is 7.98. The van der Waals surface area contributed by atoms with Crippen molar-refractivity contribution in [3.05, 3.63) is 40.0 Å². The average molecular weight is 266 g/mol. The first-order valence-electron chi connectivity index (χ1n) is 4.88. The topological polar surface area (TPSA) is 63.1 Å². The van der Waals surface area contributed by atoms with E-state index in [2.05, 4.69) is 9.97 Å². The largest absolute Gasteiger partial charge is 0.478 e. The number of carboxylic acids is 1. The Morgan fingerprint density at radius 1 is 1.53 bits per heavy atom. The van der Waals surface area contributed by atoms with Gasteiger partial charge in [-0.05, 0) is 19.1 Å². The van der Waals surface area contributed by atoms with Crippen LogP contribution in [0.1, 0.15) is 20.2 Å². The maximum absolute atomic E-state index is 10.8. The Labute approximate surface area is 107 Å². The summed E-state index contributed by atoms with van der Waals surface area (Å²) in [4.78, 5) is 20.2. The molecule has 17 heavy (non-hydrogen) atoms. The molecule has 0 unspecified atom stereocenters. The number of carbonyl (C=O) groups is 1. The summed E-state index contributed by atoms with van der Waals surface area (Å²) in [5.41, 5.74) is 0.267. The van der Waals surface area contributed by atoms with Gasteiger partial charge in [0.25, 0.3) is 0 Å². The normalized spacial score (nSPS) is 10.4. The molecule has 0 aliphatic rings. The highest BCUT2D eigenvalue weighted by atomic mass is 32.2. The van der Waals surface area contributed by atoms with E-state index in [1.165, 1.54) is 24.0 Å². The lowest BCUT2D eigenvalue weighted by molar-refractivity contribution is 0.0696. The van der Waals surface area contributed by atoms with E-state index in [-0.39, 0.29) is 5.56 Å². The maximum atomic E-state index is 10.8. The standard InChI is InChI=1S/C11H10N2O2S2/c1-7-13-5-9(17-7)6-16-10-4-8(11(14)15)2-3-12-10/h2-5H,6H2,1H3,(H,14,15). The monoisotopic (exact) mass is 266 g/mol. The molecule has 6 heteroatoms. The highest BCUT2D eigenvalue weighted by Crippen LogP contribution is 2.24. The van der Waals surface area contributed by atoms with Gasteiger partial charge in [-0.15, -0.1) is 23.1 Å². The molecule has 1 N–H and O–H groups in total. The van der Waals surface area contributed by atoms with Crippen molar-refractivity contribution in [2.24, 2.45) is 0 Å². The fourth-order valence-electron chi connectivity index (χ4n) is 1.24. The summed E-state index contributed by atoms with van der Waals surface area (Å²) in [6.07, 6.45) is 3.36. The predicted molar refractivity (Wildman–Crippen MR) is 67.6 cm³/mol. The molecule has 2 heterocycles. The number of aromatic nitrogens is 2. The van der Waals surface area contributed by atoms with Crippen LogP contribution in [0.3, 0.4) is 0 Å². The van der Waals surface area contributed by atoms with Gasteiger partial charge in [-0.25, -0.2) is 14.8 Å². The van der Waals surface area contributed by atoms with Gasteiger partial charge in [0.1, 0.15) is 0 Å². The highest BCUT2D eigenvalue weighted by Gasteiger charge is 2.05. The van der Waals surface area contributed by atoms with Crippen LogP contribution >= 0.6 is 23.1 Å². The summed E-state index contributed by atoms with van der Waals surface area (Å²) in [6.45, 7) is 1.96. The molecule has 2 aromatic heterocycles. The van der Waals surface area contributed by atoms with E-state index in [9.17, 15) is 4.79 Å². The number of aromatic carboxylic acids is 1. The molecular formula is C11H10N2O2S2. The number of nitrogens with zero attached hydrogens (tertiary/aromatic N) is 2. The van der Waals surface area contributed by atoms with Gasteiger partial charge in [0, 0.05) is 23.0 Å². The van der Waals surface area contributed by atoms with E-state index in [1.807, 2.05) is 13.1 Å². The Morgan fingerprint density at radius 3 is 3.00 bits per heavy atom. The number of aryl methyl sites for hydroxylation is 1. The summed E-state index contributed by atoms with van der Waals surface area (Å²) in [5, 5.41) is 10.6. The SMILES string of the molecule is Cc1ncc(CSc2cc(C(=O)O)ccn2)s1. The summed E-state index contributed by atoms with van der Waals surface area (Å²) in [5.74, 6) is -0.162. The number of rotatable bonds is 4. The maximum Gasteiger partial charge on any atom is 0.335 e. The van der Waals surface area contributed by atoms with Crippen molar-refractivity contribution >= 4 is 29.1 Å². The van der Waals surface area contributed by atoms with Crippen molar-refractivity contribution in [1.82, 2.24) is 9.97 Å². The van der Waals surface area contributed by atoms with Crippen molar-refractivity contribution in [3.8, 4) is 0 Å². The Hall–Kier alpha value is -1.40. The Morgan fingerprint density at radius 2 is 2.35 bits per heavy atom. The van der Waals surface area contributed by atoms with Crippen molar-refractivity contribution in [3.63, 3.8) is 0 Å². The third-order valence-electron chi connectivity index (χ3n) is 2.01. The molecule has 0 aromatic carbocycles. The molecule has 0 saturated carbocycles. The molecule has 0 atom stereocenters. The van der Waals surface area contributed by atoms with Crippen LogP contribution in [0.25, 0.3) is 0 Å². The van der Waals surface area contributed by atoms with Gasteiger partial charge in [0.15, 0.2) is 0 Å². The first kappa shape index (κ1) is 12.1. The third kappa shape index (κ3) is 3.28. The zero-order chi connectivity index (χ0) is 12.3. The van der Waals surface area contributed by atoms with E-state index in [0.717, 1.165) is 20.7 Å². The van der Waals surface area contributed by atoms with E-state index >= 15 is 0 Å². The fourth-order valence-corrected chi connectivity index (χ4v) is 2.95. The van der Waals surface area contributed by atoms with Gasteiger partial charge in [0.05, 0.1) is 15.6 Å². The van der Waals surface area contributed by atoms with Gasteiger partial charge in [-0.2, -0.15) is 0 Å². The predicted octanol–water partition coefficient (Wildman–Crippen LogP) is 2.84. The lowest BCUT2D eigenvalue weighted by Crippen LogP contribution is -1.96. The number of thiazole rings is 1. The van der Waals surface area contributed by atoms with Crippen LogP contribution in [0.15, 0.2) is 29.6 Å². The first-order valence-corrected chi connectivity index (χ1v) is 6.69. The van der Waals surface area contributed by atoms with Crippen molar-refractivity contribution in [2.45, 2.75) is 17.7 Å². The van der Waals surface area contributed by atoms with Crippen LogP contribution < -0.4 is 0 Å². The average Bonchev–Trinajstić information content (AvgIpc) is 2.73. The van der Waals surface area contributed by atoms with E-state index < -0.39 is 5.97 Å². The molecule has 0 saturated heterocycles. The summed E-state index contributed by atoms with van der Waals surface area (Å²) in [6, 6.07) is 3.07. The lowest BCUT2D eigenvalue weighted by atomic mass is 10.3. The first-order chi connectivity index (χ1) is 8.15. The second-order valence-corrected chi connectivity index (χ2v) is 5.64. The van der Waals surface area contributed by atoms with Crippen molar-refractivity contribution in [1.29, 1.82) is 0 Å². The van der Waals surface area contributed by atoms with Crippen molar-refractivity contribution < 1.29 is 9.90 Å². The van der Waals surface area contributed by atoms with Gasteiger partial charge in [0.2, 0.25) is 0 Å². The molecule has 0 aliphatic carbocycles. The van der Waals surface area contributed by atoms with E-state index in [4.69, 9.17) is 5.11 Å². The molecule has 4 nitrogen and oxygen atoms in total. The van der Waals surface area contributed by atoms with E-state index in [1.54, 1.807) is 17.4 Å². The molecule has 0 aliphatic heterocycles. The smallest absolute Gasteiger partial charge is 0.335 e. The summed E-state index contributed by atoms with van der Waals surface area (Å²) >= 11 is 3.16. The second-order valence-electron chi connectivity index (χ2n) is 3.32. The van der Waals surface area contributed by atoms with Gasteiger partial charge >= 0.3 is 5.97 Å². The second kappa shape index (κ2) is 5.29. The summed E-state index contributed by atoms with van der Waals surface area (Å²) in [7, 11) is 0. The molecule has 0 radical (unpaired) electrons. The van der Waals surface area contributed by atoms with Crippen LogP contribution in [-0.2, 0) is 5.75 Å². The molecule has 2 rings (SSSR count). The minimum atomic E-state index is -0.928. The quantitative estimate of drug-likeness (QED) is 0.862. The zero-order valence-electron chi connectivity index (χ0n) is 9.08. The lowest BCUT2D eigenvalue weighted by Gasteiger charge is -1.99. The van der Waals surface area contributed by atoms with Crippen LogP contribution in [0, 0.1) is 6.92 Å². The van der Waals surface area contributed by atoms with Crippen LogP contribution in [0.5, 0.6) is 0 Å².